The molecule has 4 rings (SSSR count). The normalized spacial score (nSPS) is 31.5. The average molecular weight is 372 g/mol. The smallest absolute Gasteiger partial charge is 0.326 e. The molecule has 1 aromatic rings. The molecule has 0 aromatic heterocycles. The first-order valence-electron chi connectivity index (χ1n) is 10.1. The van der Waals surface area contributed by atoms with Crippen molar-refractivity contribution in [2.45, 2.75) is 56.8 Å². The van der Waals surface area contributed by atoms with Crippen LogP contribution in [0.4, 0.5) is 0 Å². The van der Waals surface area contributed by atoms with Gasteiger partial charge in [-0.25, -0.2) is 4.79 Å². The van der Waals surface area contributed by atoms with E-state index in [1.54, 1.807) is 4.90 Å². The number of rotatable bonds is 4. The maximum Gasteiger partial charge on any atom is 0.326 e. The summed E-state index contributed by atoms with van der Waals surface area (Å²) in [7, 11) is 0. The zero-order chi connectivity index (χ0) is 18.8. The predicted molar refractivity (Wildman–Crippen MR) is 100 cm³/mol. The van der Waals surface area contributed by atoms with Crippen LogP contribution in [0.3, 0.4) is 0 Å². The lowest BCUT2D eigenvalue weighted by Gasteiger charge is -2.38. The first kappa shape index (κ1) is 18.4. The van der Waals surface area contributed by atoms with Crippen LogP contribution in [0.15, 0.2) is 30.3 Å². The van der Waals surface area contributed by atoms with E-state index in [2.05, 4.69) is 17.0 Å². The predicted octanol–water partition coefficient (Wildman–Crippen LogP) is 2.13. The van der Waals surface area contributed by atoms with Crippen molar-refractivity contribution in [2.24, 2.45) is 5.92 Å². The van der Waals surface area contributed by atoms with Crippen molar-refractivity contribution in [3.63, 3.8) is 0 Å². The maximum atomic E-state index is 13.3. The highest BCUT2D eigenvalue weighted by molar-refractivity contribution is 5.87. The van der Waals surface area contributed by atoms with Crippen LogP contribution >= 0.6 is 0 Å². The molecule has 6 heteroatoms. The molecule has 6 nitrogen and oxygen atoms in total. The van der Waals surface area contributed by atoms with E-state index in [1.807, 2.05) is 18.2 Å². The minimum atomic E-state index is -0.880. The van der Waals surface area contributed by atoms with E-state index in [0.29, 0.717) is 25.5 Å². The monoisotopic (exact) mass is 372 g/mol. The minimum Gasteiger partial charge on any atom is -0.480 e. The summed E-state index contributed by atoms with van der Waals surface area (Å²) >= 11 is 0. The lowest BCUT2D eigenvalue weighted by molar-refractivity contribution is -0.160. The van der Waals surface area contributed by atoms with Crippen LogP contribution in [0.5, 0.6) is 0 Å². The van der Waals surface area contributed by atoms with Gasteiger partial charge in [-0.05, 0) is 30.7 Å². The summed E-state index contributed by atoms with van der Waals surface area (Å²) in [6.45, 7) is 2.59. The summed E-state index contributed by atoms with van der Waals surface area (Å²) in [4.78, 5) is 29.0. The number of carboxylic acid groups (broad SMARTS) is 1. The molecule has 2 saturated heterocycles. The second kappa shape index (κ2) is 7.98. The molecule has 4 atom stereocenters. The number of carbonyl (C=O) groups is 2. The van der Waals surface area contributed by atoms with Crippen molar-refractivity contribution in [3.05, 3.63) is 35.9 Å². The van der Waals surface area contributed by atoms with Crippen LogP contribution in [0.2, 0.25) is 0 Å². The molecule has 0 bridgehead atoms. The number of nitrogens with zero attached hydrogens (tertiary/aromatic N) is 2. The summed E-state index contributed by atoms with van der Waals surface area (Å²) in [6, 6.07) is 9.57. The molecule has 27 heavy (non-hydrogen) atoms. The van der Waals surface area contributed by atoms with E-state index in [9.17, 15) is 14.7 Å². The quantitative estimate of drug-likeness (QED) is 0.877. The minimum absolute atomic E-state index is 0.0699. The van der Waals surface area contributed by atoms with E-state index >= 15 is 0 Å². The van der Waals surface area contributed by atoms with Crippen LogP contribution in [0.1, 0.15) is 37.7 Å². The van der Waals surface area contributed by atoms with Crippen molar-refractivity contribution in [3.8, 4) is 0 Å². The van der Waals surface area contributed by atoms with E-state index in [4.69, 9.17) is 4.74 Å². The largest absolute Gasteiger partial charge is 0.480 e. The third kappa shape index (κ3) is 3.87. The standard InChI is InChI=1S/C21H28N2O4/c24-20(23-17-9-5-4-8-16(17)12-18(23)21(25)26)19-14-22(10-11-27-19)13-15-6-2-1-3-7-15/h1-3,6-7,16-19H,4-5,8-14H2,(H,25,26). The summed E-state index contributed by atoms with van der Waals surface area (Å²) in [5.41, 5.74) is 1.21. The molecule has 146 valence electrons. The van der Waals surface area contributed by atoms with Crippen molar-refractivity contribution >= 4 is 11.9 Å². The van der Waals surface area contributed by atoms with Crippen LogP contribution < -0.4 is 0 Å². The van der Waals surface area contributed by atoms with Gasteiger partial charge in [0.1, 0.15) is 12.1 Å². The third-order valence-corrected chi connectivity index (χ3v) is 6.30. The molecule has 0 radical (unpaired) electrons. The Morgan fingerprint density at radius 2 is 1.93 bits per heavy atom. The van der Waals surface area contributed by atoms with E-state index in [1.165, 1.54) is 5.56 Å². The molecule has 3 fully saturated rings. The number of likely N-dealkylation sites (tertiary alicyclic amines) is 1. The molecule has 3 aliphatic rings. The second-order valence-corrected chi connectivity index (χ2v) is 8.03. The van der Waals surface area contributed by atoms with Crippen LogP contribution in [0, 0.1) is 5.92 Å². The molecule has 0 spiro atoms. The van der Waals surface area contributed by atoms with Crippen molar-refractivity contribution in [2.75, 3.05) is 19.7 Å². The number of hydrogen-bond acceptors (Lipinski definition) is 4. The van der Waals surface area contributed by atoms with Gasteiger partial charge in [0, 0.05) is 25.7 Å². The van der Waals surface area contributed by atoms with Gasteiger partial charge in [-0.1, -0.05) is 43.2 Å². The molecule has 4 unspecified atom stereocenters. The fraction of sp³-hybridized carbons (Fsp3) is 0.619. The van der Waals surface area contributed by atoms with Gasteiger partial charge in [-0.2, -0.15) is 0 Å². The molecular formula is C21H28N2O4. The number of aliphatic carboxylic acids is 1. The number of benzene rings is 1. The Balaban J connectivity index is 1.46. The number of ether oxygens (including phenoxy) is 1. The summed E-state index contributed by atoms with van der Waals surface area (Å²) in [5, 5.41) is 9.68. The van der Waals surface area contributed by atoms with Gasteiger partial charge in [-0.15, -0.1) is 0 Å². The van der Waals surface area contributed by atoms with Gasteiger partial charge in [0.25, 0.3) is 5.91 Å². The van der Waals surface area contributed by atoms with Gasteiger partial charge in [-0.3, -0.25) is 9.69 Å². The van der Waals surface area contributed by atoms with Gasteiger partial charge in [0.2, 0.25) is 0 Å². The molecule has 1 aliphatic carbocycles. The van der Waals surface area contributed by atoms with Crippen molar-refractivity contribution in [1.29, 1.82) is 0 Å². The van der Waals surface area contributed by atoms with E-state index < -0.39 is 18.1 Å². The van der Waals surface area contributed by atoms with Gasteiger partial charge < -0.3 is 14.7 Å². The molecular weight excluding hydrogens is 344 g/mol. The zero-order valence-corrected chi connectivity index (χ0v) is 15.6. The Labute approximate surface area is 160 Å². The number of carboxylic acids is 1. The Morgan fingerprint density at radius 1 is 1.15 bits per heavy atom. The molecule has 2 heterocycles. The van der Waals surface area contributed by atoms with Crippen LogP contribution in [-0.4, -0.2) is 64.7 Å². The summed E-state index contributed by atoms with van der Waals surface area (Å²) < 4.78 is 5.80. The van der Waals surface area contributed by atoms with Crippen LogP contribution in [0.25, 0.3) is 0 Å². The summed E-state index contributed by atoms with van der Waals surface area (Å²) in [5.74, 6) is -0.683. The maximum absolute atomic E-state index is 13.3. The molecule has 1 saturated carbocycles. The fourth-order valence-corrected chi connectivity index (χ4v) is 5.00. The average Bonchev–Trinajstić information content (AvgIpc) is 3.08. The first-order chi connectivity index (χ1) is 13.1. The SMILES string of the molecule is O=C(O)C1CC2CCCCC2N1C(=O)C1CN(Cc2ccccc2)CCO1. The van der Waals surface area contributed by atoms with Gasteiger partial charge in [0.15, 0.2) is 0 Å². The molecule has 1 amide bonds. The lowest BCUT2D eigenvalue weighted by atomic mass is 9.84. The highest BCUT2D eigenvalue weighted by Crippen LogP contribution is 2.40. The number of hydrogen-bond donors (Lipinski definition) is 1. The number of fused-ring (bicyclic) bond motifs is 1. The molecule has 1 aromatic carbocycles. The topological polar surface area (TPSA) is 70.1 Å². The lowest BCUT2D eigenvalue weighted by Crippen LogP contribution is -2.55. The Morgan fingerprint density at radius 3 is 2.70 bits per heavy atom. The highest BCUT2D eigenvalue weighted by Gasteiger charge is 2.49. The number of amides is 1. The summed E-state index contributed by atoms with van der Waals surface area (Å²) in [6.07, 6.45) is 4.19. The third-order valence-electron chi connectivity index (χ3n) is 6.30. The number of morpholine rings is 1. The second-order valence-electron chi connectivity index (χ2n) is 8.03. The Bertz CT molecular complexity index is 680. The Kier molecular flexibility index (Phi) is 5.45. The fourth-order valence-electron chi connectivity index (χ4n) is 5.00. The zero-order valence-electron chi connectivity index (χ0n) is 15.6. The van der Waals surface area contributed by atoms with Crippen LogP contribution in [-0.2, 0) is 20.9 Å². The molecule has 2 aliphatic heterocycles. The number of carbonyl (C=O) groups excluding carboxylic acids is 1. The van der Waals surface area contributed by atoms with Gasteiger partial charge in [0.05, 0.1) is 6.61 Å². The highest BCUT2D eigenvalue weighted by atomic mass is 16.5. The van der Waals surface area contributed by atoms with E-state index in [-0.39, 0.29) is 11.9 Å². The first-order valence-corrected chi connectivity index (χ1v) is 10.1. The van der Waals surface area contributed by atoms with E-state index in [0.717, 1.165) is 38.8 Å². The van der Waals surface area contributed by atoms with Crippen molar-refractivity contribution in [1.82, 2.24) is 9.80 Å². The Hall–Kier alpha value is -1.92. The molecule has 1 N–H and O–H groups in total. The van der Waals surface area contributed by atoms with Crippen molar-refractivity contribution < 1.29 is 19.4 Å². The van der Waals surface area contributed by atoms with Gasteiger partial charge >= 0.3 is 5.97 Å².